The molecule has 7 heteroatoms. The molecule has 0 atom stereocenters. The van der Waals surface area contributed by atoms with Crippen LogP contribution in [0.2, 0.25) is 0 Å². The number of hydrogen-bond donors (Lipinski definition) is 2. The number of unbranched alkanes of at least 4 members (excludes halogenated alkanes) is 1. The van der Waals surface area contributed by atoms with Crippen LogP contribution >= 0.6 is 0 Å². The SMILES string of the molecule is O=C(O)CCCCC(=O)Nc1ccccc1Cn1cncn1. The lowest BCUT2D eigenvalue weighted by Gasteiger charge is -2.11. The van der Waals surface area contributed by atoms with Gasteiger partial charge in [0.2, 0.25) is 5.91 Å². The van der Waals surface area contributed by atoms with E-state index < -0.39 is 5.97 Å². The predicted molar refractivity (Wildman–Crippen MR) is 80.3 cm³/mol. The lowest BCUT2D eigenvalue weighted by molar-refractivity contribution is -0.137. The number of aromatic nitrogens is 3. The van der Waals surface area contributed by atoms with Gasteiger partial charge in [0.05, 0.1) is 6.54 Å². The molecule has 0 aliphatic rings. The molecule has 2 N–H and O–H groups in total. The van der Waals surface area contributed by atoms with Crippen molar-refractivity contribution in [1.82, 2.24) is 14.8 Å². The van der Waals surface area contributed by atoms with E-state index in [1.165, 1.54) is 6.33 Å². The number of anilines is 1. The summed E-state index contributed by atoms with van der Waals surface area (Å²) < 4.78 is 1.68. The Labute approximate surface area is 128 Å². The van der Waals surface area contributed by atoms with Crippen LogP contribution in [0.15, 0.2) is 36.9 Å². The van der Waals surface area contributed by atoms with Crippen LogP contribution in [-0.2, 0) is 16.1 Å². The Morgan fingerprint density at radius 3 is 2.68 bits per heavy atom. The number of aliphatic carboxylic acids is 1. The van der Waals surface area contributed by atoms with Gasteiger partial charge in [-0.3, -0.25) is 9.59 Å². The van der Waals surface area contributed by atoms with E-state index in [1.807, 2.05) is 24.3 Å². The van der Waals surface area contributed by atoms with Gasteiger partial charge in [-0.25, -0.2) is 9.67 Å². The molecular weight excluding hydrogens is 284 g/mol. The summed E-state index contributed by atoms with van der Waals surface area (Å²) in [6, 6.07) is 7.50. The molecule has 0 radical (unpaired) electrons. The van der Waals surface area contributed by atoms with E-state index in [-0.39, 0.29) is 12.3 Å². The lowest BCUT2D eigenvalue weighted by atomic mass is 10.1. The summed E-state index contributed by atoms with van der Waals surface area (Å²) >= 11 is 0. The molecule has 0 saturated heterocycles. The Morgan fingerprint density at radius 2 is 1.95 bits per heavy atom. The van der Waals surface area contributed by atoms with Gasteiger partial charge < -0.3 is 10.4 Å². The quantitative estimate of drug-likeness (QED) is 0.726. The molecule has 1 aromatic heterocycles. The molecule has 0 bridgehead atoms. The molecule has 22 heavy (non-hydrogen) atoms. The van der Waals surface area contributed by atoms with Gasteiger partial charge in [-0.15, -0.1) is 0 Å². The van der Waals surface area contributed by atoms with Crippen molar-refractivity contribution in [2.45, 2.75) is 32.2 Å². The maximum absolute atomic E-state index is 11.9. The first-order valence-corrected chi connectivity index (χ1v) is 7.07. The van der Waals surface area contributed by atoms with Gasteiger partial charge in [0.1, 0.15) is 12.7 Å². The topological polar surface area (TPSA) is 97.1 Å². The molecule has 0 saturated carbocycles. The summed E-state index contributed by atoms with van der Waals surface area (Å²) in [6.07, 6.45) is 4.54. The number of carboxylic acids is 1. The van der Waals surface area contributed by atoms with Gasteiger partial charge in [-0.1, -0.05) is 18.2 Å². The molecule has 1 aromatic carbocycles. The summed E-state index contributed by atoms with van der Waals surface area (Å²) in [6.45, 7) is 0.523. The summed E-state index contributed by atoms with van der Waals surface area (Å²) in [5, 5.41) is 15.5. The van der Waals surface area contributed by atoms with E-state index in [4.69, 9.17) is 5.11 Å². The number of carboxylic acid groups (broad SMARTS) is 1. The fraction of sp³-hybridized carbons (Fsp3) is 0.333. The average Bonchev–Trinajstić information content (AvgIpc) is 2.98. The van der Waals surface area contributed by atoms with Crippen LogP contribution in [0.3, 0.4) is 0 Å². The van der Waals surface area contributed by atoms with Crippen LogP contribution in [0.4, 0.5) is 5.69 Å². The van der Waals surface area contributed by atoms with Gasteiger partial charge in [-0.05, 0) is 24.5 Å². The van der Waals surface area contributed by atoms with Crippen molar-refractivity contribution >= 4 is 17.6 Å². The zero-order valence-corrected chi connectivity index (χ0v) is 12.1. The van der Waals surface area contributed by atoms with Crippen molar-refractivity contribution in [2.24, 2.45) is 0 Å². The molecule has 116 valence electrons. The average molecular weight is 302 g/mol. The zero-order valence-electron chi connectivity index (χ0n) is 12.1. The lowest BCUT2D eigenvalue weighted by Crippen LogP contribution is -2.14. The Bertz CT molecular complexity index is 625. The zero-order chi connectivity index (χ0) is 15.8. The number of amides is 1. The smallest absolute Gasteiger partial charge is 0.303 e. The highest BCUT2D eigenvalue weighted by Gasteiger charge is 2.08. The molecule has 0 fully saturated rings. The van der Waals surface area contributed by atoms with E-state index in [1.54, 1.807) is 11.0 Å². The molecule has 0 unspecified atom stereocenters. The number of carbonyl (C=O) groups is 2. The fourth-order valence-electron chi connectivity index (χ4n) is 2.04. The second-order valence-electron chi connectivity index (χ2n) is 4.90. The Balaban J connectivity index is 1.89. The van der Waals surface area contributed by atoms with Gasteiger partial charge >= 0.3 is 5.97 Å². The van der Waals surface area contributed by atoms with E-state index in [0.717, 1.165) is 11.3 Å². The monoisotopic (exact) mass is 302 g/mol. The largest absolute Gasteiger partial charge is 0.481 e. The third-order valence-electron chi connectivity index (χ3n) is 3.13. The molecule has 1 amide bonds. The van der Waals surface area contributed by atoms with Crippen LogP contribution in [0.5, 0.6) is 0 Å². The first-order chi connectivity index (χ1) is 10.6. The van der Waals surface area contributed by atoms with E-state index in [9.17, 15) is 9.59 Å². The third-order valence-corrected chi connectivity index (χ3v) is 3.13. The van der Waals surface area contributed by atoms with Crippen LogP contribution in [0, 0.1) is 0 Å². The van der Waals surface area contributed by atoms with E-state index in [0.29, 0.717) is 25.8 Å². The maximum Gasteiger partial charge on any atom is 0.303 e. The normalized spacial score (nSPS) is 10.4. The van der Waals surface area contributed by atoms with Gasteiger partial charge in [0, 0.05) is 18.5 Å². The Hall–Kier alpha value is -2.70. The third kappa shape index (κ3) is 5.01. The molecule has 0 aliphatic carbocycles. The van der Waals surface area contributed by atoms with Crippen molar-refractivity contribution in [3.05, 3.63) is 42.5 Å². The second-order valence-corrected chi connectivity index (χ2v) is 4.90. The van der Waals surface area contributed by atoms with Crippen LogP contribution in [-0.4, -0.2) is 31.7 Å². The van der Waals surface area contributed by atoms with Crippen molar-refractivity contribution < 1.29 is 14.7 Å². The number of hydrogen-bond acceptors (Lipinski definition) is 4. The predicted octanol–water partition coefficient (Wildman–Crippen LogP) is 1.91. The van der Waals surface area contributed by atoms with Gasteiger partial charge in [-0.2, -0.15) is 5.10 Å². The molecule has 7 nitrogen and oxygen atoms in total. The van der Waals surface area contributed by atoms with Crippen LogP contribution < -0.4 is 5.32 Å². The molecule has 1 heterocycles. The first-order valence-electron chi connectivity index (χ1n) is 7.07. The van der Waals surface area contributed by atoms with Crippen LogP contribution in [0.25, 0.3) is 0 Å². The summed E-state index contributed by atoms with van der Waals surface area (Å²) in [5.74, 6) is -0.949. The Kier molecular flexibility index (Phi) is 5.65. The van der Waals surface area contributed by atoms with Crippen molar-refractivity contribution in [1.29, 1.82) is 0 Å². The Morgan fingerprint density at radius 1 is 1.18 bits per heavy atom. The minimum absolute atomic E-state index is 0.0934. The molecule has 0 aliphatic heterocycles. The van der Waals surface area contributed by atoms with Gasteiger partial charge in [0.25, 0.3) is 0 Å². The fourth-order valence-corrected chi connectivity index (χ4v) is 2.04. The highest BCUT2D eigenvalue weighted by Crippen LogP contribution is 2.16. The highest BCUT2D eigenvalue weighted by molar-refractivity contribution is 5.91. The van der Waals surface area contributed by atoms with Crippen LogP contribution in [0.1, 0.15) is 31.2 Å². The summed E-state index contributed by atoms with van der Waals surface area (Å²) in [5.41, 5.74) is 1.67. The summed E-state index contributed by atoms with van der Waals surface area (Å²) in [7, 11) is 0. The molecule has 2 rings (SSSR count). The minimum atomic E-state index is -0.835. The van der Waals surface area contributed by atoms with Crippen molar-refractivity contribution in [3.8, 4) is 0 Å². The number of rotatable bonds is 8. The number of nitrogens with one attached hydrogen (secondary N) is 1. The second kappa shape index (κ2) is 7.92. The maximum atomic E-state index is 11.9. The van der Waals surface area contributed by atoms with Crippen molar-refractivity contribution in [3.63, 3.8) is 0 Å². The molecular formula is C15H18N4O3. The number of para-hydroxylation sites is 1. The minimum Gasteiger partial charge on any atom is -0.481 e. The number of carbonyl (C=O) groups excluding carboxylic acids is 1. The number of benzene rings is 1. The number of nitrogens with zero attached hydrogens (tertiary/aromatic N) is 3. The van der Waals surface area contributed by atoms with Crippen molar-refractivity contribution in [2.75, 3.05) is 5.32 Å². The first kappa shape index (κ1) is 15.7. The standard InChI is InChI=1S/C15H18N4O3/c20-14(7-3-4-8-15(21)22)18-13-6-2-1-5-12(13)9-19-11-16-10-17-19/h1-2,5-6,10-11H,3-4,7-9H2,(H,18,20)(H,21,22). The molecule has 0 spiro atoms. The van der Waals surface area contributed by atoms with Gasteiger partial charge in [0.15, 0.2) is 0 Å². The summed E-state index contributed by atoms with van der Waals surface area (Å²) in [4.78, 5) is 26.2. The highest BCUT2D eigenvalue weighted by atomic mass is 16.4. The van der Waals surface area contributed by atoms with E-state index in [2.05, 4.69) is 15.4 Å². The van der Waals surface area contributed by atoms with E-state index >= 15 is 0 Å². The molecule has 2 aromatic rings.